The number of hydrogen-bond donors (Lipinski definition) is 3. The highest BCUT2D eigenvalue weighted by atomic mass is 32.1. The molecule has 176 valence electrons. The van der Waals surface area contributed by atoms with Crippen molar-refractivity contribution in [3.63, 3.8) is 0 Å². The van der Waals surface area contributed by atoms with Crippen LogP contribution in [0.15, 0.2) is 36.5 Å². The fourth-order valence-corrected chi connectivity index (χ4v) is 4.29. The van der Waals surface area contributed by atoms with Crippen molar-refractivity contribution in [3.8, 4) is 0 Å². The molecule has 1 aromatic heterocycles. The SMILES string of the molecule is CC(C)C(NC(=O)OCc1ccccc1)C(=O)NC1Cc2sncc2CCCNC(=O)C1=O. The van der Waals surface area contributed by atoms with E-state index in [1.54, 1.807) is 20.0 Å². The second-order valence-electron chi connectivity index (χ2n) is 8.19. The highest BCUT2D eigenvalue weighted by Crippen LogP contribution is 2.19. The van der Waals surface area contributed by atoms with Crippen LogP contribution in [0.3, 0.4) is 0 Å². The molecule has 1 aliphatic heterocycles. The lowest BCUT2D eigenvalue weighted by molar-refractivity contribution is -0.140. The minimum atomic E-state index is -1.06. The first kappa shape index (κ1) is 24.4. The summed E-state index contributed by atoms with van der Waals surface area (Å²) >= 11 is 1.25. The van der Waals surface area contributed by atoms with Gasteiger partial charge >= 0.3 is 6.09 Å². The van der Waals surface area contributed by atoms with Crippen molar-refractivity contribution in [2.24, 2.45) is 5.92 Å². The van der Waals surface area contributed by atoms with E-state index in [1.165, 1.54) is 11.5 Å². The Hall–Kier alpha value is -3.27. The van der Waals surface area contributed by atoms with Crippen LogP contribution in [-0.2, 0) is 38.6 Å². The molecule has 33 heavy (non-hydrogen) atoms. The lowest BCUT2D eigenvalue weighted by atomic mass is 9.99. The van der Waals surface area contributed by atoms with E-state index in [0.717, 1.165) is 22.4 Å². The molecule has 3 amide bonds. The van der Waals surface area contributed by atoms with Crippen molar-refractivity contribution in [3.05, 3.63) is 52.5 Å². The summed E-state index contributed by atoms with van der Waals surface area (Å²) in [4.78, 5) is 51.2. The molecule has 2 unspecified atom stereocenters. The number of nitrogens with zero attached hydrogens (tertiary/aromatic N) is 1. The van der Waals surface area contributed by atoms with Gasteiger partial charge in [-0.15, -0.1) is 0 Å². The summed E-state index contributed by atoms with van der Waals surface area (Å²) in [6, 6.07) is 7.18. The quantitative estimate of drug-likeness (QED) is 0.550. The van der Waals surface area contributed by atoms with E-state index >= 15 is 0 Å². The van der Waals surface area contributed by atoms with Crippen molar-refractivity contribution in [2.45, 2.75) is 51.8 Å². The molecule has 2 aromatic rings. The molecular formula is C23H28N4O5S. The van der Waals surface area contributed by atoms with Gasteiger partial charge in [-0.1, -0.05) is 44.2 Å². The first-order valence-electron chi connectivity index (χ1n) is 10.9. The zero-order valence-electron chi connectivity index (χ0n) is 18.6. The van der Waals surface area contributed by atoms with E-state index in [9.17, 15) is 19.2 Å². The topological polar surface area (TPSA) is 126 Å². The Balaban J connectivity index is 1.67. The monoisotopic (exact) mass is 472 g/mol. The number of ether oxygens (including phenoxy) is 1. The third kappa shape index (κ3) is 6.85. The average Bonchev–Trinajstić information content (AvgIpc) is 3.24. The molecule has 1 aliphatic rings. The number of carbonyl (C=O) groups is 4. The summed E-state index contributed by atoms with van der Waals surface area (Å²) in [7, 11) is 0. The lowest BCUT2D eigenvalue weighted by Crippen LogP contribution is -2.56. The van der Waals surface area contributed by atoms with Crippen LogP contribution < -0.4 is 16.0 Å². The second kappa shape index (κ2) is 11.6. The lowest BCUT2D eigenvalue weighted by Gasteiger charge is -2.25. The minimum absolute atomic E-state index is 0.0640. The van der Waals surface area contributed by atoms with E-state index in [2.05, 4.69) is 20.3 Å². The van der Waals surface area contributed by atoms with Gasteiger partial charge in [0.1, 0.15) is 18.7 Å². The highest BCUT2D eigenvalue weighted by Gasteiger charge is 2.33. The first-order valence-corrected chi connectivity index (χ1v) is 11.6. The number of rotatable bonds is 6. The van der Waals surface area contributed by atoms with Gasteiger partial charge in [-0.25, -0.2) is 9.17 Å². The molecule has 0 spiro atoms. The summed E-state index contributed by atoms with van der Waals surface area (Å²) in [5, 5.41) is 7.84. The number of amides is 3. The van der Waals surface area contributed by atoms with Crippen LogP contribution in [-0.4, -0.2) is 46.7 Å². The Labute approximate surface area is 196 Å². The maximum atomic E-state index is 13.0. The summed E-state index contributed by atoms with van der Waals surface area (Å²) in [5.41, 5.74) is 1.82. The molecule has 0 saturated heterocycles. The van der Waals surface area contributed by atoms with Crippen LogP contribution in [0, 0.1) is 5.92 Å². The number of Topliss-reactive ketones (excluding diaryl/α,β-unsaturated/α-hetero) is 1. The van der Waals surface area contributed by atoms with Gasteiger partial charge in [-0.05, 0) is 41.4 Å². The zero-order valence-corrected chi connectivity index (χ0v) is 19.4. The van der Waals surface area contributed by atoms with Crippen molar-refractivity contribution >= 4 is 35.2 Å². The predicted octanol–water partition coefficient (Wildman–Crippen LogP) is 1.75. The number of carbonyl (C=O) groups excluding carboxylic acids is 4. The molecule has 0 bridgehead atoms. The van der Waals surface area contributed by atoms with Gasteiger partial charge in [0.15, 0.2) is 0 Å². The Morgan fingerprint density at radius 3 is 2.73 bits per heavy atom. The largest absolute Gasteiger partial charge is 0.445 e. The first-order chi connectivity index (χ1) is 15.8. The number of nitrogens with one attached hydrogen (secondary N) is 3. The molecule has 2 atom stereocenters. The third-order valence-corrected chi connectivity index (χ3v) is 6.18. The van der Waals surface area contributed by atoms with Crippen LogP contribution in [0.1, 0.15) is 36.3 Å². The maximum Gasteiger partial charge on any atom is 0.408 e. The molecule has 3 rings (SSSR count). The van der Waals surface area contributed by atoms with Crippen LogP contribution in [0.5, 0.6) is 0 Å². The molecular weight excluding hydrogens is 444 g/mol. The predicted molar refractivity (Wildman–Crippen MR) is 122 cm³/mol. The van der Waals surface area contributed by atoms with Crippen LogP contribution in [0.4, 0.5) is 4.79 Å². The van der Waals surface area contributed by atoms with Gasteiger partial charge in [0.05, 0.1) is 0 Å². The molecule has 10 heteroatoms. The Morgan fingerprint density at radius 2 is 2.00 bits per heavy atom. The van der Waals surface area contributed by atoms with Crippen molar-refractivity contribution in [1.82, 2.24) is 20.3 Å². The second-order valence-corrected chi connectivity index (χ2v) is 9.08. The standard InChI is InChI=1S/C23H28N4O5S/c1-14(2)19(27-23(31)32-13-15-7-4-3-5-8-15)21(29)26-17-11-18-16(12-25-33-18)9-6-10-24-22(30)20(17)28/h3-5,7-8,12,14,17,19H,6,9-11,13H2,1-2H3,(H,24,30)(H,26,29)(H,27,31). The summed E-state index contributed by atoms with van der Waals surface area (Å²) in [5.74, 6) is -2.30. The fraction of sp³-hybridized carbons (Fsp3) is 0.435. The minimum Gasteiger partial charge on any atom is -0.445 e. The van der Waals surface area contributed by atoms with E-state index < -0.39 is 35.8 Å². The number of hydrogen-bond acceptors (Lipinski definition) is 7. The molecule has 1 aromatic carbocycles. The van der Waals surface area contributed by atoms with E-state index in [4.69, 9.17) is 4.74 Å². The van der Waals surface area contributed by atoms with Gasteiger partial charge in [0.2, 0.25) is 11.7 Å². The van der Waals surface area contributed by atoms with Gasteiger partial charge in [0.25, 0.3) is 5.91 Å². The van der Waals surface area contributed by atoms with Crippen LogP contribution in [0.25, 0.3) is 0 Å². The molecule has 2 heterocycles. The number of aromatic nitrogens is 1. The van der Waals surface area contributed by atoms with E-state index in [1.807, 2.05) is 30.3 Å². The number of alkyl carbamates (subject to hydrolysis) is 1. The Bertz CT molecular complexity index is 992. The molecule has 0 saturated carbocycles. The average molecular weight is 473 g/mol. The highest BCUT2D eigenvalue weighted by molar-refractivity contribution is 7.05. The molecule has 3 N–H and O–H groups in total. The normalized spacial score (nSPS) is 17.5. The molecule has 0 fully saturated rings. The van der Waals surface area contributed by atoms with Gasteiger partial charge in [-0.2, -0.15) is 0 Å². The zero-order chi connectivity index (χ0) is 23.8. The van der Waals surface area contributed by atoms with Crippen molar-refractivity contribution < 1.29 is 23.9 Å². The van der Waals surface area contributed by atoms with Gasteiger partial charge in [0, 0.05) is 24.0 Å². The molecule has 9 nitrogen and oxygen atoms in total. The Kier molecular flexibility index (Phi) is 8.53. The molecule has 0 aliphatic carbocycles. The fourth-order valence-electron chi connectivity index (χ4n) is 3.47. The number of ketones is 1. The van der Waals surface area contributed by atoms with Gasteiger partial charge < -0.3 is 20.7 Å². The summed E-state index contributed by atoms with van der Waals surface area (Å²) < 4.78 is 9.42. The number of aryl methyl sites for hydroxylation is 1. The van der Waals surface area contributed by atoms with Gasteiger partial charge in [-0.3, -0.25) is 14.4 Å². The van der Waals surface area contributed by atoms with Crippen molar-refractivity contribution in [2.75, 3.05) is 6.54 Å². The summed E-state index contributed by atoms with van der Waals surface area (Å²) in [6.07, 6.45) is 2.61. The van der Waals surface area contributed by atoms with Crippen molar-refractivity contribution in [1.29, 1.82) is 0 Å². The van der Waals surface area contributed by atoms with E-state index in [-0.39, 0.29) is 18.9 Å². The smallest absolute Gasteiger partial charge is 0.408 e. The number of fused-ring (bicyclic) bond motifs is 1. The summed E-state index contributed by atoms with van der Waals surface area (Å²) in [6.45, 7) is 3.97. The Morgan fingerprint density at radius 1 is 1.24 bits per heavy atom. The van der Waals surface area contributed by atoms with E-state index in [0.29, 0.717) is 13.0 Å². The van der Waals surface area contributed by atoms with Crippen LogP contribution >= 0.6 is 11.5 Å². The van der Waals surface area contributed by atoms with Crippen LogP contribution in [0.2, 0.25) is 0 Å². The molecule has 0 radical (unpaired) electrons. The maximum absolute atomic E-state index is 13.0. The number of benzene rings is 1. The third-order valence-electron chi connectivity index (χ3n) is 5.32.